The van der Waals surface area contributed by atoms with Crippen molar-refractivity contribution in [3.63, 3.8) is 0 Å². The molecule has 2 aromatic heterocycles. The van der Waals surface area contributed by atoms with Gasteiger partial charge in [0.1, 0.15) is 5.82 Å². The Morgan fingerprint density at radius 3 is 2.52 bits per heavy atom. The van der Waals surface area contributed by atoms with Gasteiger partial charge in [-0.25, -0.2) is 4.98 Å². The highest BCUT2D eigenvalue weighted by atomic mass is 15.1. The van der Waals surface area contributed by atoms with Crippen LogP contribution in [0.15, 0.2) is 24.5 Å². The molecule has 0 bridgehead atoms. The first-order chi connectivity index (χ1) is 15.2. The average molecular weight is 423 g/mol. The summed E-state index contributed by atoms with van der Waals surface area (Å²) in [6.45, 7) is 5.44. The topological polar surface area (TPSA) is 66.0 Å². The minimum atomic E-state index is 0.490. The largest absolute Gasteiger partial charge is 0.367 e. The van der Waals surface area contributed by atoms with Crippen LogP contribution in [0, 0.1) is 0 Å². The minimum absolute atomic E-state index is 0.490. The molecular formula is C25H38N6. The molecule has 0 unspecified atom stereocenters. The zero-order chi connectivity index (χ0) is 21.5. The second kappa shape index (κ2) is 10.9. The first-order valence-corrected chi connectivity index (χ1v) is 12.2. The molecule has 0 spiro atoms. The summed E-state index contributed by atoms with van der Waals surface area (Å²) in [6, 6.07) is 4.91. The lowest BCUT2D eigenvalue weighted by Gasteiger charge is -2.29. The van der Waals surface area contributed by atoms with Gasteiger partial charge in [-0.1, -0.05) is 38.7 Å². The maximum atomic E-state index is 4.86. The van der Waals surface area contributed by atoms with Crippen molar-refractivity contribution in [3.8, 4) is 11.3 Å². The molecule has 2 N–H and O–H groups in total. The zero-order valence-corrected chi connectivity index (χ0v) is 19.2. The van der Waals surface area contributed by atoms with E-state index in [1.165, 1.54) is 63.6 Å². The molecule has 31 heavy (non-hydrogen) atoms. The van der Waals surface area contributed by atoms with Gasteiger partial charge in [0, 0.05) is 25.0 Å². The SMILES string of the molecule is CCCCNc1ncc(-c2ccc(C3CCN(C)CC3)cn2)c(NC2CCCCC2)n1. The fourth-order valence-corrected chi connectivity index (χ4v) is 4.73. The molecule has 2 aromatic rings. The third kappa shape index (κ3) is 5.94. The molecule has 0 atom stereocenters. The van der Waals surface area contributed by atoms with E-state index in [9.17, 15) is 0 Å². The van der Waals surface area contributed by atoms with Crippen LogP contribution >= 0.6 is 0 Å². The molecule has 1 saturated carbocycles. The first kappa shape index (κ1) is 22.0. The first-order valence-electron chi connectivity index (χ1n) is 12.2. The zero-order valence-electron chi connectivity index (χ0n) is 19.2. The predicted octanol–water partition coefficient (Wildman–Crippen LogP) is 5.30. The Labute approximate surface area is 187 Å². The summed E-state index contributed by atoms with van der Waals surface area (Å²) >= 11 is 0. The van der Waals surface area contributed by atoms with E-state index >= 15 is 0 Å². The molecule has 0 amide bonds. The number of hydrogen-bond donors (Lipinski definition) is 2. The molecular weight excluding hydrogens is 384 g/mol. The van der Waals surface area contributed by atoms with Crippen LogP contribution in [0.5, 0.6) is 0 Å². The highest BCUT2D eigenvalue weighted by Gasteiger charge is 2.20. The number of anilines is 2. The second-order valence-electron chi connectivity index (χ2n) is 9.27. The van der Waals surface area contributed by atoms with Gasteiger partial charge < -0.3 is 15.5 Å². The highest BCUT2D eigenvalue weighted by Crippen LogP contribution is 2.31. The monoisotopic (exact) mass is 422 g/mol. The van der Waals surface area contributed by atoms with Gasteiger partial charge in [0.2, 0.25) is 5.95 Å². The van der Waals surface area contributed by atoms with E-state index in [4.69, 9.17) is 9.97 Å². The number of pyridine rings is 1. The van der Waals surface area contributed by atoms with Crippen molar-refractivity contribution in [2.45, 2.75) is 76.7 Å². The van der Waals surface area contributed by atoms with Gasteiger partial charge in [-0.05, 0) is 69.8 Å². The van der Waals surface area contributed by atoms with Gasteiger partial charge in [0.15, 0.2) is 0 Å². The van der Waals surface area contributed by atoms with Gasteiger partial charge in [-0.2, -0.15) is 4.98 Å². The Bertz CT molecular complexity index is 807. The number of rotatable bonds is 8. The highest BCUT2D eigenvalue weighted by molar-refractivity contribution is 5.73. The average Bonchev–Trinajstić information content (AvgIpc) is 2.81. The Hall–Kier alpha value is -2.21. The summed E-state index contributed by atoms with van der Waals surface area (Å²) in [6.07, 6.45) is 15.1. The molecule has 168 valence electrons. The lowest BCUT2D eigenvalue weighted by atomic mass is 9.90. The fraction of sp³-hybridized carbons (Fsp3) is 0.640. The van der Waals surface area contributed by atoms with Crippen molar-refractivity contribution in [1.82, 2.24) is 19.9 Å². The third-order valence-electron chi connectivity index (χ3n) is 6.80. The van der Waals surface area contributed by atoms with Gasteiger partial charge in [0.05, 0.1) is 11.3 Å². The van der Waals surface area contributed by atoms with Crippen LogP contribution in [-0.4, -0.2) is 52.6 Å². The van der Waals surface area contributed by atoms with E-state index in [0.29, 0.717) is 17.9 Å². The molecule has 2 aliphatic rings. The van der Waals surface area contributed by atoms with Gasteiger partial charge in [-0.15, -0.1) is 0 Å². The second-order valence-corrected chi connectivity index (χ2v) is 9.27. The molecule has 1 saturated heterocycles. The van der Waals surface area contributed by atoms with E-state index in [1.807, 2.05) is 6.20 Å². The van der Waals surface area contributed by atoms with Crippen LogP contribution in [0.4, 0.5) is 11.8 Å². The smallest absolute Gasteiger partial charge is 0.224 e. The van der Waals surface area contributed by atoms with Crippen LogP contribution < -0.4 is 10.6 Å². The summed E-state index contributed by atoms with van der Waals surface area (Å²) in [5.41, 5.74) is 3.31. The van der Waals surface area contributed by atoms with Gasteiger partial charge in [0.25, 0.3) is 0 Å². The summed E-state index contributed by atoms with van der Waals surface area (Å²) in [5.74, 6) is 2.25. The maximum absolute atomic E-state index is 4.86. The summed E-state index contributed by atoms with van der Waals surface area (Å²) < 4.78 is 0. The van der Waals surface area contributed by atoms with Crippen molar-refractivity contribution in [1.29, 1.82) is 0 Å². The molecule has 6 nitrogen and oxygen atoms in total. The number of nitrogens with zero attached hydrogens (tertiary/aromatic N) is 4. The fourth-order valence-electron chi connectivity index (χ4n) is 4.73. The number of unbranched alkanes of at least 4 members (excludes halogenated alkanes) is 1. The molecule has 0 aromatic carbocycles. The lowest BCUT2D eigenvalue weighted by Crippen LogP contribution is -2.29. The predicted molar refractivity (Wildman–Crippen MR) is 129 cm³/mol. The van der Waals surface area contributed by atoms with E-state index in [1.54, 1.807) is 0 Å². The normalized spacial score (nSPS) is 18.8. The Morgan fingerprint density at radius 2 is 1.81 bits per heavy atom. The molecule has 1 aliphatic heterocycles. The van der Waals surface area contributed by atoms with Crippen LogP contribution in [0.2, 0.25) is 0 Å². The standard InChI is InChI=1S/C25H38N6/c1-3-4-14-26-25-28-18-22(24(30-25)29-21-8-6-5-7-9-21)23-11-10-20(17-27-23)19-12-15-31(2)16-13-19/h10-11,17-19,21H,3-9,12-16H2,1-2H3,(H2,26,28,29,30). The third-order valence-corrected chi connectivity index (χ3v) is 6.80. The summed E-state index contributed by atoms with van der Waals surface area (Å²) in [7, 11) is 2.21. The van der Waals surface area contributed by atoms with Crippen LogP contribution in [-0.2, 0) is 0 Å². The summed E-state index contributed by atoms with van der Waals surface area (Å²) in [4.78, 5) is 16.7. The molecule has 0 radical (unpaired) electrons. The van der Waals surface area contributed by atoms with Crippen molar-refractivity contribution >= 4 is 11.8 Å². The molecule has 6 heteroatoms. The van der Waals surface area contributed by atoms with Crippen molar-refractivity contribution in [2.75, 3.05) is 37.3 Å². The number of aromatic nitrogens is 3. The van der Waals surface area contributed by atoms with E-state index < -0.39 is 0 Å². The van der Waals surface area contributed by atoms with E-state index in [2.05, 4.69) is 52.8 Å². The number of likely N-dealkylation sites (tertiary alicyclic amines) is 1. The van der Waals surface area contributed by atoms with Crippen LogP contribution in [0.1, 0.15) is 76.2 Å². The quantitative estimate of drug-likeness (QED) is 0.563. The van der Waals surface area contributed by atoms with Crippen molar-refractivity contribution < 1.29 is 0 Å². The Morgan fingerprint density at radius 1 is 1.00 bits per heavy atom. The number of nitrogens with one attached hydrogen (secondary N) is 2. The number of hydrogen-bond acceptors (Lipinski definition) is 6. The summed E-state index contributed by atoms with van der Waals surface area (Å²) in [5, 5.41) is 7.10. The maximum Gasteiger partial charge on any atom is 0.224 e. The van der Waals surface area contributed by atoms with Gasteiger partial charge >= 0.3 is 0 Å². The van der Waals surface area contributed by atoms with Crippen molar-refractivity contribution in [2.24, 2.45) is 0 Å². The Kier molecular flexibility index (Phi) is 7.73. The van der Waals surface area contributed by atoms with Crippen LogP contribution in [0.25, 0.3) is 11.3 Å². The lowest BCUT2D eigenvalue weighted by molar-refractivity contribution is 0.255. The Balaban J connectivity index is 1.53. The molecule has 4 rings (SSSR count). The molecule has 3 heterocycles. The van der Waals surface area contributed by atoms with Gasteiger partial charge in [-0.3, -0.25) is 4.98 Å². The van der Waals surface area contributed by atoms with E-state index in [-0.39, 0.29) is 0 Å². The van der Waals surface area contributed by atoms with E-state index in [0.717, 1.165) is 36.5 Å². The number of piperidine rings is 1. The molecule has 2 fully saturated rings. The van der Waals surface area contributed by atoms with Crippen molar-refractivity contribution in [3.05, 3.63) is 30.1 Å². The van der Waals surface area contributed by atoms with Crippen LogP contribution in [0.3, 0.4) is 0 Å². The molecule has 1 aliphatic carbocycles. The minimum Gasteiger partial charge on any atom is -0.367 e.